The van der Waals surface area contributed by atoms with E-state index >= 15 is 0 Å². The Hall–Kier alpha value is -2.38. The minimum atomic E-state index is -4.29. The van der Waals surface area contributed by atoms with Crippen molar-refractivity contribution >= 4 is 56.3 Å². The van der Waals surface area contributed by atoms with Gasteiger partial charge in [0.1, 0.15) is 15.1 Å². The lowest BCUT2D eigenvalue weighted by Gasteiger charge is -2.44. The molecule has 0 saturated heterocycles. The topological polar surface area (TPSA) is 110 Å². The Morgan fingerprint density at radius 2 is 1.63 bits per heavy atom. The third-order valence-electron chi connectivity index (χ3n) is 7.62. The summed E-state index contributed by atoms with van der Waals surface area (Å²) in [7, 11) is -11.4. The van der Waals surface area contributed by atoms with E-state index < -0.39 is 50.5 Å². The largest absolute Gasteiger partial charge is 0.442 e. The van der Waals surface area contributed by atoms with Gasteiger partial charge in [0.2, 0.25) is 18.3 Å². The molecule has 2 aromatic rings. The highest BCUT2D eigenvalue weighted by molar-refractivity contribution is 8.28. The number of sulfone groups is 1. The second kappa shape index (κ2) is 11.7. The SMILES string of the molecule is C[CH]OC(=O)N(CC)[C@H]1C=C(S(=O)(=O)N[Si](c2ccccc2)(c2ccccc2)C(C)(C)C)SC2=C1C[C@H](C)S2(=O)=O. The molecule has 2 atom stereocenters. The molecule has 221 valence electrons. The number of carbonyl (C=O) groups excluding carboxylic acids is 1. The van der Waals surface area contributed by atoms with Gasteiger partial charge in [-0.15, -0.1) is 0 Å². The van der Waals surface area contributed by atoms with Crippen LogP contribution >= 0.6 is 11.8 Å². The Kier molecular flexibility index (Phi) is 9.01. The quantitative estimate of drug-likeness (QED) is 0.427. The normalized spacial score (nSPS) is 20.8. The standard InChI is InChI=1S/C29H37N2O6S3Si/c1-7-31(28(32)37-8-2)25-20-26(38-27-24(25)19-21(3)39(27,33)34)40(35,36)30-41(29(4,5)6,22-15-11-9-12-16-22)23-17-13-10-14-18-23/h8-18,20-21,25,30H,7,19H2,1-6H3/t21-,25-/m0/s1. The van der Waals surface area contributed by atoms with Crippen molar-refractivity contribution in [3.05, 3.63) is 87.4 Å². The molecule has 0 fully saturated rings. The Balaban J connectivity index is 1.91. The molecule has 1 radical (unpaired) electrons. The molecule has 8 nitrogen and oxygen atoms in total. The van der Waals surface area contributed by atoms with E-state index in [0.29, 0.717) is 5.57 Å². The molecule has 12 heteroatoms. The zero-order valence-electron chi connectivity index (χ0n) is 24.1. The Bertz CT molecular complexity index is 1530. The van der Waals surface area contributed by atoms with Crippen molar-refractivity contribution in [3.63, 3.8) is 0 Å². The number of hydrogen-bond donors (Lipinski definition) is 1. The summed E-state index contributed by atoms with van der Waals surface area (Å²) in [6.07, 6.45) is 1.03. The van der Waals surface area contributed by atoms with Gasteiger partial charge in [0.05, 0.1) is 11.3 Å². The second-order valence-electron chi connectivity index (χ2n) is 11.1. The number of thioether (sulfide) groups is 1. The maximum Gasteiger partial charge on any atom is 0.410 e. The number of benzene rings is 2. The zero-order valence-corrected chi connectivity index (χ0v) is 27.6. The van der Waals surface area contributed by atoms with E-state index in [1.165, 1.54) is 17.6 Å². The van der Waals surface area contributed by atoms with E-state index in [2.05, 4.69) is 4.39 Å². The summed E-state index contributed by atoms with van der Waals surface area (Å²) in [5.41, 5.74) is 0.516. The van der Waals surface area contributed by atoms with Gasteiger partial charge in [-0.25, -0.2) is 26.0 Å². The van der Waals surface area contributed by atoms with Crippen molar-refractivity contribution in [1.82, 2.24) is 9.29 Å². The fourth-order valence-electron chi connectivity index (χ4n) is 5.55. The fraction of sp³-hybridized carbons (Fsp3) is 0.379. The number of hydrogen-bond acceptors (Lipinski definition) is 7. The van der Waals surface area contributed by atoms with Crippen LogP contribution in [0.25, 0.3) is 0 Å². The van der Waals surface area contributed by atoms with E-state index in [1.54, 1.807) is 20.8 Å². The third kappa shape index (κ3) is 5.69. The van der Waals surface area contributed by atoms with E-state index in [9.17, 15) is 21.6 Å². The lowest BCUT2D eigenvalue weighted by Crippen LogP contribution is -2.74. The van der Waals surface area contributed by atoms with Crippen molar-refractivity contribution in [2.24, 2.45) is 0 Å². The third-order valence-corrected chi connectivity index (χ3v) is 19.9. The van der Waals surface area contributed by atoms with E-state index in [0.717, 1.165) is 22.1 Å². The molecule has 2 heterocycles. The first-order chi connectivity index (χ1) is 19.2. The Morgan fingerprint density at radius 1 is 1.10 bits per heavy atom. The first-order valence-electron chi connectivity index (χ1n) is 13.5. The van der Waals surface area contributed by atoms with Gasteiger partial charge in [0, 0.05) is 6.54 Å². The Morgan fingerprint density at radius 3 is 2.10 bits per heavy atom. The molecular weight excluding hydrogens is 597 g/mol. The van der Waals surface area contributed by atoms with Gasteiger partial charge in [0.25, 0.3) is 0 Å². The molecular formula is C29H37N2O6S3Si. The number of nitrogens with zero attached hydrogens (tertiary/aromatic N) is 1. The molecule has 0 saturated carbocycles. The summed E-state index contributed by atoms with van der Waals surface area (Å²) in [6, 6.07) is 18.2. The average Bonchev–Trinajstić information content (AvgIpc) is 3.16. The smallest absolute Gasteiger partial charge is 0.410 e. The summed E-state index contributed by atoms with van der Waals surface area (Å²) >= 11 is 0.756. The van der Waals surface area contributed by atoms with Crippen LogP contribution in [0.15, 0.2) is 80.8 Å². The van der Waals surface area contributed by atoms with Gasteiger partial charge in [-0.05, 0) is 54.3 Å². The highest BCUT2D eigenvalue weighted by Crippen LogP contribution is 2.49. The van der Waals surface area contributed by atoms with Gasteiger partial charge in [0.15, 0.2) is 9.84 Å². The summed E-state index contributed by atoms with van der Waals surface area (Å²) in [4.78, 5) is 14.3. The number of rotatable bonds is 8. The van der Waals surface area contributed by atoms with Crippen LogP contribution in [0.5, 0.6) is 0 Å². The van der Waals surface area contributed by atoms with Crippen LogP contribution in [0.1, 0.15) is 48.0 Å². The summed E-state index contributed by atoms with van der Waals surface area (Å²) in [5.74, 6) is 0. The monoisotopic (exact) mass is 633 g/mol. The minimum absolute atomic E-state index is 0.00653. The van der Waals surface area contributed by atoms with Crippen LogP contribution in [-0.2, 0) is 24.6 Å². The van der Waals surface area contributed by atoms with Crippen LogP contribution in [0.4, 0.5) is 4.79 Å². The fourth-order valence-corrected chi connectivity index (χ4v) is 18.0. The predicted molar refractivity (Wildman–Crippen MR) is 168 cm³/mol. The van der Waals surface area contributed by atoms with Gasteiger partial charge in [-0.3, -0.25) is 4.90 Å². The van der Waals surface area contributed by atoms with Crippen LogP contribution < -0.4 is 14.8 Å². The van der Waals surface area contributed by atoms with E-state index in [4.69, 9.17) is 4.74 Å². The summed E-state index contributed by atoms with van der Waals surface area (Å²) in [5, 5.41) is 0.491. The van der Waals surface area contributed by atoms with Crippen molar-refractivity contribution < 1.29 is 26.4 Å². The second-order valence-corrected chi connectivity index (χ2v) is 21.4. The predicted octanol–water partition coefficient (Wildman–Crippen LogP) is 4.48. The van der Waals surface area contributed by atoms with Crippen LogP contribution in [0.3, 0.4) is 0 Å². The number of nitrogens with one attached hydrogen (secondary N) is 1. The minimum Gasteiger partial charge on any atom is -0.442 e. The van der Waals surface area contributed by atoms with Gasteiger partial charge in [-0.2, -0.15) is 0 Å². The van der Waals surface area contributed by atoms with Gasteiger partial charge < -0.3 is 4.74 Å². The lowest BCUT2D eigenvalue weighted by atomic mass is 10.0. The number of amides is 1. The number of ether oxygens (including phenoxy) is 1. The molecule has 0 spiro atoms. The highest BCUT2D eigenvalue weighted by atomic mass is 32.3. The van der Waals surface area contributed by atoms with Crippen LogP contribution in [0.2, 0.25) is 5.04 Å². The summed E-state index contributed by atoms with van der Waals surface area (Å²) in [6.45, 7) is 12.4. The number of likely N-dealkylation sites (N-methyl/N-ethyl adjacent to an activating group) is 1. The molecule has 0 bridgehead atoms. The van der Waals surface area contributed by atoms with Gasteiger partial charge in [-0.1, -0.05) is 93.2 Å². The molecule has 41 heavy (non-hydrogen) atoms. The van der Waals surface area contributed by atoms with Crippen molar-refractivity contribution in [3.8, 4) is 0 Å². The zero-order chi connectivity index (χ0) is 30.2. The average molecular weight is 634 g/mol. The maximum absolute atomic E-state index is 14.5. The van der Waals surface area contributed by atoms with E-state index in [-0.39, 0.29) is 21.4 Å². The first-order valence-corrected chi connectivity index (χ1v) is 19.3. The molecule has 2 aliphatic heterocycles. The van der Waals surface area contributed by atoms with Crippen LogP contribution in [-0.4, -0.2) is 53.9 Å². The molecule has 1 N–H and O–H groups in total. The van der Waals surface area contributed by atoms with Crippen molar-refractivity contribution in [2.45, 2.75) is 64.3 Å². The summed E-state index contributed by atoms with van der Waals surface area (Å²) < 4.78 is 63.9. The highest BCUT2D eigenvalue weighted by Gasteiger charge is 2.53. The lowest BCUT2D eigenvalue weighted by molar-refractivity contribution is 0.122. The van der Waals surface area contributed by atoms with Crippen molar-refractivity contribution in [2.75, 3.05) is 6.54 Å². The number of sulfonamides is 1. The molecule has 0 unspecified atom stereocenters. The molecule has 1 amide bonds. The Labute approximate surface area is 249 Å². The number of carbonyl (C=O) groups is 1. The molecule has 2 aliphatic rings. The van der Waals surface area contributed by atoms with Gasteiger partial charge >= 0.3 is 6.09 Å². The maximum atomic E-state index is 14.5. The molecule has 2 aromatic carbocycles. The molecule has 4 rings (SSSR count). The van der Waals surface area contributed by atoms with Crippen molar-refractivity contribution in [1.29, 1.82) is 0 Å². The first kappa shape index (κ1) is 31.6. The van der Waals surface area contributed by atoms with E-state index in [1.807, 2.05) is 81.4 Å². The molecule has 0 aliphatic carbocycles. The molecule has 0 aromatic heterocycles. The van der Waals surface area contributed by atoms with Crippen LogP contribution in [0, 0.1) is 6.61 Å².